The van der Waals surface area contributed by atoms with Gasteiger partial charge in [-0.1, -0.05) is 30.0 Å². The second kappa shape index (κ2) is 9.95. The average molecular weight is 354 g/mol. The van der Waals surface area contributed by atoms with Crippen molar-refractivity contribution in [2.75, 3.05) is 28.4 Å². The summed E-state index contributed by atoms with van der Waals surface area (Å²) in [5.41, 5.74) is 1.65. The summed E-state index contributed by atoms with van der Waals surface area (Å²) < 4.78 is 20.9. The second-order valence-corrected chi connectivity index (χ2v) is 4.70. The van der Waals surface area contributed by atoms with Crippen LogP contribution in [0, 0.1) is 0 Å². The van der Waals surface area contributed by atoms with Crippen molar-refractivity contribution in [2.45, 2.75) is 0 Å². The molecule has 2 aromatic carbocycles. The molecule has 122 valence electrons. The van der Waals surface area contributed by atoms with Gasteiger partial charge in [0.15, 0.2) is 11.5 Å². The molecule has 0 saturated carbocycles. The number of methoxy groups -OCH3 is 4. The normalized spacial score (nSPS) is 10.2. The Morgan fingerprint density at radius 3 is 1.71 bits per heavy atom. The van der Waals surface area contributed by atoms with Crippen molar-refractivity contribution in [1.29, 1.82) is 0 Å². The molecule has 2 aromatic rings. The van der Waals surface area contributed by atoms with Crippen molar-refractivity contribution in [1.82, 2.24) is 0 Å². The predicted molar refractivity (Wildman–Crippen MR) is 87.5 cm³/mol. The maximum Gasteiger partial charge on any atom is 1.00 e. The molecule has 0 fully saturated rings. The summed E-state index contributed by atoms with van der Waals surface area (Å²) in [5, 5.41) is 11.8. The van der Waals surface area contributed by atoms with Gasteiger partial charge in [-0.25, -0.2) is 0 Å². The van der Waals surface area contributed by atoms with Gasteiger partial charge in [0.25, 0.3) is 0 Å². The monoisotopic (exact) mass is 354 g/mol. The van der Waals surface area contributed by atoms with Gasteiger partial charge in [0.2, 0.25) is 5.75 Å². The molecule has 0 spiro atoms. The predicted octanol–water partition coefficient (Wildman–Crippen LogP) is -0.0310. The van der Waals surface area contributed by atoms with Crippen LogP contribution in [-0.4, -0.2) is 28.4 Å². The summed E-state index contributed by atoms with van der Waals surface area (Å²) in [6, 6.07) is 8.65. The zero-order valence-electron chi connectivity index (χ0n) is 14.6. The van der Waals surface area contributed by atoms with E-state index in [2.05, 4.69) is 0 Å². The third-order valence-corrected chi connectivity index (χ3v) is 3.34. The third kappa shape index (κ3) is 4.91. The fraction of sp³-hybridized carbons (Fsp3) is 0.222. The Balaban J connectivity index is 0.00000288. The van der Waals surface area contributed by atoms with Crippen LogP contribution in [-0.2, 0) is 0 Å². The molecule has 6 heteroatoms. The molecule has 0 unspecified atom stereocenters. The average Bonchev–Trinajstić information content (AvgIpc) is 2.58. The standard InChI is InChI=1S/C18H20O5.K/c1-20-15-8-7-12(9-14(15)19)5-6-13-10-16(21-2)18(23-4)17(11-13)22-3;/h5-11,19H,1-4H3;/q;+1/p-1/b6-5-;. The molecule has 24 heavy (non-hydrogen) atoms. The van der Waals surface area contributed by atoms with E-state index in [1.165, 1.54) is 13.2 Å². The number of ether oxygens (including phenoxy) is 4. The Morgan fingerprint density at radius 1 is 0.708 bits per heavy atom. The first-order chi connectivity index (χ1) is 11.1. The van der Waals surface area contributed by atoms with Crippen LogP contribution in [0.4, 0.5) is 0 Å². The van der Waals surface area contributed by atoms with Gasteiger partial charge >= 0.3 is 51.4 Å². The van der Waals surface area contributed by atoms with E-state index in [9.17, 15) is 5.11 Å². The fourth-order valence-corrected chi connectivity index (χ4v) is 2.19. The van der Waals surface area contributed by atoms with Crippen molar-refractivity contribution in [3.8, 4) is 28.7 Å². The van der Waals surface area contributed by atoms with Crippen molar-refractivity contribution < 1.29 is 75.4 Å². The van der Waals surface area contributed by atoms with Gasteiger partial charge in [0.1, 0.15) is 5.75 Å². The van der Waals surface area contributed by atoms with Crippen LogP contribution in [0.2, 0.25) is 0 Å². The van der Waals surface area contributed by atoms with Gasteiger partial charge in [0.05, 0.1) is 28.4 Å². The Labute approximate surface area is 184 Å². The van der Waals surface area contributed by atoms with Gasteiger partial charge in [-0.05, 0) is 29.3 Å². The molecule has 0 aliphatic carbocycles. The smallest absolute Gasteiger partial charge is 0.870 e. The second-order valence-electron chi connectivity index (χ2n) is 4.70. The van der Waals surface area contributed by atoms with Gasteiger partial charge in [-0.15, -0.1) is 0 Å². The van der Waals surface area contributed by atoms with E-state index in [1.54, 1.807) is 27.4 Å². The Kier molecular flexibility index (Phi) is 8.65. The summed E-state index contributed by atoms with van der Waals surface area (Å²) >= 11 is 0. The van der Waals surface area contributed by atoms with Crippen molar-refractivity contribution in [3.05, 3.63) is 41.5 Å². The minimum atomic E-state index is -0.153. The molecule has 0 aromatic heterocycles. The molecular formula is C18H19KO5. The maximum absolute atomic E-state index is 11.8. The van der Waals surface area contributed by atoms with E-state index in [0.29, 0.717) is 23.0 Å². The van der Waals surface area contributed by atoms with E-state index in [-0.39, 0.29) is 57.1 Å². The van der Waals surface area contributed by atoms with Crippen LogP contribution in [0.25, 0.3) is 12.2 Å². The minimum absolute atomic E-state index is 0. The molecular weight excluding hydrogens is 335 g/mol. The molecule has 0 aliphatic rings. The van der Waals surface area contributed by atoms with E-state index in [1.807, 2.05) is 30.4 Å². The molecule has 5 nitrogen and oxygen atoms in total. The molecule has 0 aliphatic heterocycles. The van der Waals surface area contributed by atoms with Crippen LogP contribution < -0.4 is 75.4 Å². The summed E-state index contributed by atoms with van der Waals surface area (Å²) in [7, 11) is 6.17. The number of hydrogen-bond donors (Lipinski definition) is 0. The zero-order chi connectivity index (χ0) is 16.8. The number of hydrogen-bond acceptors (Lipinski definition) is 5. The Bertz CT molecular complexity index is 688. The Morgan fingerprint density at radius 2 is 1.25 bits per heavy atom. The van der Waals surface area contributed by atoms with E-state index in [0.717, 1.165) is 11.1 Å². The molecule has 0 atom stereocenters. The first-order valence-corrected chi connectivity index (χ1v) is 6.96. The van der Waals surface area contributed by atoms with Gasteiger partial charge in [-0.3, -0.25) is 0 Å². The minimum Gasteiger partial charge on any atom is -0.870 e. The number of rotatable bonds is 6. The van der Waals surface area contributed by atoms with Crippen LogP contribution in [0.1, 0.15) is 11.1 Å². The molecule has 0 N–H and O–H groups in total. The first kappa shape index (κ1) is 20.9. The van der Waals surface area contributed by atoms with E-state index < -0.39 is 0 Å². The fourth-order valence-electron chi connectivity index (χ4n) is 2.19. The quantitative estimate of drug-likeness (QED) is 0.539. The summed E-state index contributed by atoms with van der Waals surface area (Å²) in [4.78, 5) is 0. The molecule has 0 radical (unpaired) electrons. The molecule has 0 heterocycles. The SMILES string of the molecule is COc1ccc(/C=C\c2cc(OC)c(OC)c(OC)c2)cc1[O-].[K+]. The van der Waals surface area contributed by atoms with Crippen LogP contribution in [0.15, 0.2) is 30.3 Å². The van der Waals surface area contributed by atoms with Gasteiger partial charge in [0, 0.05) is 0 Å². The summed E-state index contributed by atoms with van der Waals surface area (Å²) in [6.07, 6.45) is 3.70. The number of benzene rings is 2. The van der Waals surface area contributed by atoms with Gasteiger partial charge in [-0.2, -0.15) is 0 Å². The van der Waals surface area contributed by atoms with Crippen molar-refractivity contribution in [3.63, 3.8) is 0 Å². The van der Waals surface area contributed by atoms with Gasteiger partial charge < -0.3 is 24.1 Å². The van der Waals surface area contributed by atoms with E-state index in [4.69, 9.17) is 18.9 Å². The molecule has 0 bridgehead atoms. The zero-order valence-corrected chi connectivity index (χ0v) is 17.7. The summed E-state index contributed by atoms with van der Waals surface area (Å²) in [5.74, 6) is 1.87. The van der Waals surface area contributed by atoms with Crippen LogP contribution >= 0.6 is 0 Å². The third-order valence-electron chi connectivity index (χ3n) is 3.34. The largest absolute Gasteiger partial charge is 1.00 e. The topological polar surface area (TPSA) is 60.0 Å². The Hall–Kier alpha value is -1.18. The maximum atomic E-state index is 11.8. The van der Waals surface area contributed by atoms with E-state index >= 15 is 0 Å². The molecule has 0 saturated heterocycles. The van der Waals surface area contributed by atoms with Crippen LogP contribution in [0.5, 0.6) is 28.7 Å². The molecule has 2 rings (SSSR count). The van der Waals surface area contributed by atoms with Crippen molar-refractivity contribution in [2.24, 2.45) is 0 Å². The van der Waals surface area contributed by atoms with Crippen molar-refractivity contribution >= 4 is 12.2 Å². The molecule has 0 amide bonds. The first-order valence-electron chi connectivity index (χ1n) is 6.96. The van der Waals surface area contributed by atoms with Crippen LogP contribution in [0.3, 0.4) is 0 Å². The summed E-state index contributed by atoms with van der Waals surface area (Å²) in [6.45, 7) is 0.